The van der Waals surface area contributed by atoms with Crippen molar-refractivity contribution in [1.29, 1.82) is 0 Å². The molecule has 2 aromatic carbocycles. The summed E-state index contributed by atoms with van der Waals surface area (Å²) < 4.78 is 5.54. The Hall–Kier alpha value is -1.55. The molecule has 0 radical (unpaired) electrons. The molecule has 0 fully saturated rings. The van der Waals surface area contributed by atoms with E-state index in [2.05, 4.69) is 0 Å². The molecular weight excluding hydrogens is 311 g/mol. The van der Waals surface area contributed by atoms with Crippen LogP contribution in [0.15, 0.2) is 42.5 Å². The van der Waals surface area contributed by atoms with Gasteiger partial charge in [-0.05, 0) is 36.2 Å². The first-order chi connectivity index (χ1) is 10.1. The number of hydrogen-bond acceptors (Lipinski definition) is 3. The SMILES string of the molecule is O=C(COc1ccccc1CCO)c1cc(Cl)ccc1Cl. The molecule has 1 N–H and O–H groups in total. The van der Waals surface area contributed by atoms with E-state index < -0.39 is 0 Å². The molecule has 3 nitrogen and oxygen atoms in total. The van der Waals surface area contributed by atoms with Crippen LogP contribution in [0.5, 0.6) is 5.75 Å². The van der Waals surface area contributed by atoms with Crippen LogP contribution >= 0.6 is 23.2 Å². The van der Waals surface area contributed by atoms with E-state index in [1.807, 2.05) is 18.2 Å². The summed E-state index contributed by atoms with van der Waals surface area (Å²) in [5, 5.41) is 9.80. The van der Waals surface area contributed by atoms with Crippen molar-refractivity contribution in [2.45, 2.75) is 6.42 Å². The summed E-state index contributed by atoms with van der Waals surface area (Å²) in [6.45, 7) is -0.114. The van der Waals surface area contributed by atoms with Crippen molar-refractivity contribution >= 4 is 29.0 Å². The molecule has 2 aromatic rings. The van der Waals surface area contributed by atoms with Gasteiger partial charge in [-0.25, -0.2) is 0 Å². The lowest BCUT2D eigenvalue weighted by atomic mass is 10.1. The average molecular weight is 325 g/mol. The Balaban J connectivity index is 2.09. The van der Waals surface area contributed by atoms with Gasteiger partial charge in [-0.1, -0.05) is 41.4 Å². The van der Waals surface area contributed by atoms with Crippen LogP contribution in [0.25, 0.3) is 0 Å². The topological polar surface area (TPSA) is 46.5 Å². The second-order valence-corrected chi connectivity index (χ2v) is 5.26. The Morgan fingerprint density at radius 1 is 1.14 bits per heavy atom. The zero-order valence-corrected chi connectivity index (χ0v) is 12.7. The number of aliphatic hydroxyl groups is 1. The monoisotopic (exact) mass is 324 g/mol. The molecular formula is C16H14Cl2O3. The van der Waals surface area contributed by atoms with E-state index in [0.717, 1.165) is 5.56 Å². The standard InChI is InChI=1S/C16H14Cl2O3/c17-12-5-6-14(18)13(9-12)15(20)10-21-16-4-2-1-3-11(16)7-8-19/h1-6,9,19H,7-8,10H2. The van der Waals surface area contributed by atoms with Crippen LogP contribution in [0.1, 0.15) is 15.9 Å². The molecule has 0 aliphatic heterocycles. The predicted molar refractivity (Wildman–Crippen MR) is 83.5 cm³/mol. The van der Waals surface area contributed by atoms with Gasteiger partial charge in [-0.2, -0.15) is 0 Å². The van der Waals surface area contributed by atoms with Crippen LogP contribution in [-0.2, 0) is 6.42 Å². The minimum atomic E-state index is -0.249. The predicted octanol–water partition coefficient (Wildman–Crippen LogP) is 3.79. The maximum absolute atomic E-state index is 12.1. The quantitative estimate of drug-likeness (QED) is 0.822. The first-order valence-electron chi connectivity index (χ1n) is 6.41. The highest BCUT2D eigenvalue weighted by molar-refractivity contribution is 6.35. The maximum atomic E-state index is 12.1. The molecule has 0 unspecified atom stereocenters. The van der Waals surface area contributed by atoms with Crippen LogP contribution in [0, 0.1) is 0 Å². The molecule has 0 saturated heterocycles. The highest BCUT2D eigenvalue weighted by Gasteiger charge is 2.13. The molecule has 0 saturated carbocycles. The lowest BCUT2D eigenvalue weighted by Crippen LogP contribution is -2.13. The second kappa shape index (κ2) is 7.46. The second-order valence-electron chi connectivity index (χ2n) is 4.42. The van der Waals surface area contributed by atoms with E-state index in [1.165, 1.54) is 6.07 Å². The van der Waals surface area contributed by atoms with Crippen molar-refractivity contribution in [1.82, 2.24) is 0 Å². The van der Waals surface area contributed by atoms with E-state index in [4.69, 9.17) is 33.0 Å². The minimum Gasteiger partial charge on any atom is -0.485 e. The molecule has 110 valence electrons. The Morgan fingerprint density at radius 2 is 1.90 bits per heavy atom. The number of rotatable bonds is 6. The highest BCUT2D eigenvalue weighted by atomic mass is 35.5. The molecule has 0 spiro atoms. The number of Topliss-reactive ketones (excluding diaryl/α,β-unsaturated/α-hetero) is 1. The largest absolute Gasteiger partial charge is 0.485 e. The third kappa shape index (κ3) is 4.21. The molecule has 5 heteroatoms. The van der Waals surface area contributed by atoms with Crippen LogP contribution in [0.3, 0.4) is 0 Å². The molecule has 0 aliphatic rings. The molecule has 0 aliphatic carbocycles. The van der Waals surface area contributed by atoms with Gasteiger partial charge in [-0.15, -0.1) is 0 Å². The molecule has 0 atom stereocenters. The molecule has 0 aromatic heterocycles. The fourth-order valence-electron chi connectivity index (χ4n) is 1.90. The number of carbonyl (C=O) groups is 1. The van der Waals surface area contributed by atoms with Gasteiger partial charge in [0.2, 0.25) is 5.78 Å². The van der Waals surface area contributed by atoms with E-state index >= 15 is 0 Å². The number of benzene rings is 2. The normalized spacial score (nSPS) is 10.4. The van der Waals surface area contributed by atoms with Crippen LogP contribution in [0.2, 0.25) is 10.0 Å². The van der Waals surface area contributed by atoms with Crippen LogP contribution in [0.4, 0.5) is 0 Å². The molecule has 21 heavy (non-hydrogen) atoms. The maximum Gasteiger partial charge on any atom is 0.201 e. The zero-order valence-electron chi connectivity index (χ0n) is 11.2. The van der Waals surface area contributed by atoms with Crippen molar-refractivity contribution in [3.05, 3.63) is 63.6 Å². The van der Waals surface area contributed by atoms with Crippen LogP contribution in [-0.4, -0.2) is 24.1 Å². The van der Waals surface area contributed by atoms with Crippen LogP contribution < -0.4 is 4.74 Å². The number of aliphatic hydroxyl groups excluding tert-OH is 1. The molecule has 0 heterocycles. The summed E-state index contributed by atoms with van der Waals surface area (Å²) in [4.78, 5) is 12.1. The number of ether oxygens (including phenoxy) is 1. The summed E-state index contributed by atoms with van der Waals surface area (Å²) in [5.41, 5.74) is 1.19. The summed E-state index contributed by atoms with van der Waals surface area (Å²) >= 11 is 11.9. The van der Waals surface area contributed by atoms with Gasteiger partial charge < -0.3 is 9.84 Å². The zero-order chi connectivity index (χ0) is 15.2. The Labute approximate surface area is 133 Å². The minimum absolute atomic E-state index is 0.0223. The fourth-order valence-corrected chi connectivity index (χ4v) is 2.30. The number of para-hydroxylation sites is 1. The number of carbonyl (C=O) groups excluding carboxylic acids is 1. The fraction of sp³-hybridized carbons (Fsp3) is 0.188. The van der Waals surface area contributed by atoms with Gasteiger partial charge in [0.15, 0.2) is 6.61 Å². The molecule has 0 bridgehead atoms. The van der Waals surface area contributed by atoms with Gasteiger partial charge in [0, 0.05) is 17.2 Å². The molecule has 0 amide bonds. The van der Waals surface area contributed by atoms with Gasteiger partial charge in [-0.3, -0.25) is 4.79 Å². The summed E-state index contributed by atoms with van der Waals surface area (Å²) in [7, 11) is 0. The third-order valence-corrected chi connectivity index (χ3v) is 3.51. The number of ketones is 1. The van der Waals surface area contributed by atoms with Crippen molar-refractivity contribution in [3.8, 4) is 5.75 Å². The first kappa shape index (κ1) is 15.8. The lowest BCUT2D eigenvalue weighted by Gasteiger charge is -2.10. The Bertz CT molecular complexity index is 641. The van der Waals surface area contributed by atoms with Crippen molar-refractivity contribution in [3.63, 3.8) is 0 Å². The van der Waals surface area contributed by atoms with Gasteiger partial charge >= 0.3 is 0 Å². The van der Waals surface area contributed by atoms with Crippen molar-refractivity contribution in [2.24, 2.45) is 0 Å². The Morgan fingerprint density at radius 3 is 2.67 bits per heavy atom. The van der Waals surface area contributed by atoms with Crippen molar-refractivity contribution < 1.29 is 14.6 Å². The Kier molecular flexibility index (Phi) is 5.62. The van der Waals surface area contributed by atoms with E-state index in [9.17, 15) is 4.79 Å². The summed E-state index contributed by atoms with van der Waals surface area (Å²) in [5.74, 6) is 0.333. The van der Waals surface area contributed by atoms with Crippen molar-refractivity contribution in [2.75, 3.05) is 13.2 Å². The van der Waals surface area contributed by atoms with Gasteiger partial charge in [0.25, 0.3) is 0 Å². The summed E-state index contributed by atoms with van der Waals surface area (Å²) in [6, 6.07) is 12.0. The van der Waals surface area contributed by atoms with E-state index in [-0.39, 0.29) is 19.0 Å². The lowest BCUT2D eigenvalue weighted by molar-refractivity contribution is 0.0921. The van der Waals surface area contributed by atoms with E-state index in [1.54, 1.807) is 18.2 Å². The molecule has 2 rings (SSSR count). The van der Waals surface area contributed by atoms with Gasteiger partial charge in [0.1, 0.15) is 5.75 Å². The first-order valence-corrected chi connectivity index (χ1v) is 7.17. The van der Waals surface area contributed by atoms with Gasteiger partial charge in [0.05, 0.1) is 5.02 Å². The number of halogens is 2. The summed E-state index contributed by atoms with van der Waals surface area (Å²) in [6.07, 6.45) is 0.474. The average Bonchev–Trinajstić information content (AvgIpc) is 2.49. The third-order valence-electron chi connectivity index (χ3n) is 2.94. The highest BCUT2D eigenvalue weighted by Crippen LogP contribution is 2.22. The number of hydrogen-bond donors (Lipinski definition) is 1. The van der Waals surface area contributed by atoms with E-state index in [0.29, 0.717) is 27.8 Å². The smallest absolute Gasteiger partial charge is 0.201 e.